The zero-order valence-electron chi connectivity index (χ0n) is 16.0. The van der Waals surface area contributed by atoms with Gasteiger partial charge < -0.3 is 10.2 Å². The molecule has 3 aromatic rings. The summed E-state index contributed by atoms with van der Waals surface area (Å²) in [5, 5.41) is 3.83. The lowest BCUT2D eigenvalue weighted by atomic mass is 10.1. The van der Waals surface area contributed by atoms with Gasteiger partial charge in [0.1, 0.15) is 5.01 Å². The topological polar surface area (TPSA) is 91.4 Å². The van der Waals surface area contributed by atoms with E-state index in [4.69, 9.17) is 4.98 Å². The van der Waals surface area contributed by atoms with Crippen molar-refractivity contribution < 1.29 is 13.2 Å². The van der Waals surface area contributed by atoms with E-state index in [0.29, 0.717) is 18.8 Å². The van der Waals surface area contributed by atoms with Crippen LogP contribution in [0.3, 0.4) is 0 Å². The summed E-state index contributed by atoms with van der Waals surface area (Å²) in [7, 11) is -3.30. The van der Waals surface area contributed by atoms with Gasteiger partial charge in [-0.05, 0) is 37.1 Å². The number of likely N-dealkylation sites (tertiary alicyclic amines) is 1. The van der Waals surface area contributed by atoms with E-state index < -0.39 is 10.0 Å². The van der Waals surface area contributed by atoms with Crippen LogP contribution in [0.4, 0.5) is 10.5 Å². The maximum atomic E-state index is 12.9. The number of piperidine rings is 1. The molecule has 2 heterocycles. The Kier molecular flexibility index (Phi) is 5.53. The Bertz CT molecular complexity index is 1110. The molecule has 1 atom stereocenters. The van der Waals surface area contributed by atoms with Crippen LogP contribution in [0.2, 0.25) is 0 Å². The first-order valence-corrected chi connectivity index (χ1v) is 12.1. The molecular formula is C20H22N4O3S2. The standard InChI is InChI=1S/C20H22N4O3S2/c1-29(26,27)23-14-7-6-12-24(13-14)20(25)22-16-9-3-2-8-15(16)19-21-17-10-4-5-11-18(17)28-19/h2-5,8-11,14,23H,6-7,12-13H2,1H3,(H,22,25). The summed E-state index contributed by atoms with van der Waals surface area (Å²) in [6.07, 6.45) is 2.61. The molecule has 1 unspecified atom stereocenters. The Morgan fingerprint density at radius 2 is 1.93 bits per heavy atom. The maximum absolute atomic E-state index is 12.9. The molecule has 29 heavy (non-hydrogen) atoms. The zero-order valence-corrected chi connectivity index (χ0v) is 17.6. The molecule has 1 saturated heterocycles. The van der Waals surface area contributed by atoms with Gasteiger partial charge in [0.15, 0.2) is 0 Å². The molecule has 0 spiro atoms. The number of thiazole rings is 1. The minimum absolute atomic E-state index is 0.237. The van der Waals surface area contributed by atoms with E-state index >= 15 is 0 Å². The van der Waals surface area contributed by atoms with E-state index in [1.807, 2.05) is 48.5 Å². The fourth-order valence-corrected chi connectivity index (χ4v) is 5.32. The van der Waals surface area contributed by atoms with Crippen molar-refractivity contribution in [3.8, 4) is 10.6 Å². The lowest BCUT2D eigenvalue weighted by Crippen LogP contribution is -2.50. The molecule has 9 heteroatoms. The Morgan fingerprint density at radius 1 is 1.17 bits per heavy atom. The SMILES string of the molecule is CS(=O)(=O)NC1CCCN(C(=O)Nc2ccccc2-c2nc3ccccc3s2)C1. The summed E-state index contributed by atoms with van der Waals surface area (Å²) in [6, 6.07) is 15.0. The molecule has 1 aliphatic heterocycles. The number of hydrogen-bond donors (Lipinski definition) is 2. The molecule has 0 saturated carbocycles. The molecule has 0 radical (unpaired) electrons. The van der Waals surface area contributed by atoms with Crippen molar-refractivity contribution in [1.82, 2.24) is 14.6 Å². The summed E-state index contributed by atoms with van der Waals surface area (Å²) in [5.74, 6) is 0. The molecule has 0 aliphatic carbocycles. The van der Waals surface area contributed by atoms with Gasteiger partial charge in [0.2, 0.25) is 10.0 Å². The zero-order chi connectivity index (χ0) is 20.4. The van der Waals surface area contributed by atoms with Gasteiger partial charge >= 0.3 is 6.03 Å². The third kappa shape index (κ3) is 4.75. The van der Waals surface area contributed by atoms with Crippen LogP contribution in [0.15, 0.2) is 48.5 Å². The van der Waals surface area contributed by atoms with Crippen LogP contribution in [0.1, 0.15) is 12.8 Å². The second-order valence-corrected chi connectivity index (χ2v) is 9.95. The molecule has 7 nitrogen and oxygen atoms in total. The van der Waals surface area contributed by atoms with Gasteiger partial charge in [0.25, 0.3) is 0 Å². The number of nitrogens with zero attached hydrogens (tertiary/aromatic N) is 2. The van der Waals surface area contributed by atoms with Gasteiger partial charge in [0, 0.05) is 24.7 Å². The third-order valence-corrected chi connectivity index (χ3v) is 6.61. The van der Waals surface area contributed by atoms with Crippen LogP contribution >= 0.6 is 11.3 Å². The number of fused-ring (bicyclic) bond motifs is 1. The summed E-state index contributed by atoms with van der Waals surface area (Å²) >= 11 is 1.58. The van der Waals surface area contributed by atoms with Gasteiger partial charge in [-0.2, -0.15) is 0 Å². The Balaban J connectivity index is 1.53. The summed E-state index contributed by atoms with van der Waals surface area (Å²) in [5.41, 5.74) is 2.49. The van der Waals surface area contributed by atoms with Crippen LogP contribution in [-0.2, 0) is 10.0 Å². The van der Waals surface area contributed by atoms with Crippen molar-refractivity contribution in [1.29, 1.82) is 0 Å². The number of rotatable bonds is 4. The fourth-order valence-electron chi connectivity index (χ4n) is 3.52. The van der Waals surface area contributed by atoms with E-state index in [0.717, 1.165) is 39.9 Å². The fraction of sp³-hybridized carbons (Fsp3) is 0.300. The van der Waals surface area contributed by atoms with Crippen LogP contribution in [0, 0.1) is 0 Å². The van der Waals surface area contributed by atoms with Crippen LogP contribution in [0.25, 0.3) is 20.8 Å². The maximum Gasteiger partial charge on any atom is 0.321 e. The summed E-state index contributed by atoms with van der Waals surface area (Å²) in [6.45, 7) is 0.944. The first kappa shape index (κ1) is 19.8. The van der Waals surface area contributed by atoms with Gasteiger partial charge in [-0.15, -0.1) is 11.3 Å². The first-order valence-electron chi connectivity index (χ1n) is 9.37. The molecule has 4 rings (SSSR count). The van der Waals surface area contributed by atoms with Crippen molar-refractivity contribution in [2.75, 3.05) is 24.7 Å². The summed E-state index contributed by atoms with van der Waals surface area (Å²) < 4.78 is 26.7. The molecule has 2 aromatic carbocycles. The second kappa shape index (κ2) is 8.10. The smallest absolute Gasteiger partial charge is 0.321 e. The number of para-hydroxylation sites is 2. The monoisotopic (exact) mass is 430 g/mol. The van der Waals surface area contributed by atoms with Crippen molar-refractivity contribution in [2.24, 2.45) is 0 Å². The number of benzene rings is 2. The lowest BCUT2D eigenvalue weighted by molar-refractivity contribution is 0.190. The number of amides is 2. The lowest BCUT2D eigenvalue weighted by Gasteiger charge is -2.32. The van der Waals surface area contributed by atoms with E-state index in [2.05, 4.69) is 10.0 Å². The summed E-state index contributed by atoms with van der Waals surface area (Å²) in [4.78, 5) is 19.2. The highest BCUT2D eigenvalue weighted by atomic mass is 32.2. The van der Waals surface area contributed by atoms with E-state index in [1.165, 1.54) is 0 Å². The molecule has 2 N–H and O–H groups in total. The number of aromatic nitrogens is 1. The first-order chi connectivity index (χ1) is 13.9. The molecule has 0 bridgehead atoms. The van der Waals surface area contributed by atoms with Crippen molar-refractivity contribution in [3.63, 3.8) is 0 Å². The molecule has 1 aliphatic rings. The highest BCUT2D eigenvalue weighted by Crippen LogP contribution is 2.34. The van der Waals surface area contributed by atoms with Gasteiger partial charge in [-0.1, -0.05) is 24.3 Å². The normalized spacial score (nSPS) is 17.4. The van der Waals surface area contributed by atoms with Gasteiger partial charge in [0.05, 0.1) is 22.2 Å². The van der Waals surface area contributed by atoms with E-state index in [9.17, 15) is 13.2 Å². The minimum atomic E-state index is -3.30. The van der Waals surface area contributed by atoms with Crippen molar-refractivity contribution in [3.05, 3.63) is 48.5 Å². The quantitative estimate of drug-likeness (QED) is 0.663. The predicted octanol–water partition coefficient (Wildman–Crippen LogP) is 3.51. The number of anilines is 1. The third-order valence-electron chi connectivity index (χ3n) is 4.78. The number of sulfonamides is 1. The largest absolute Gasteiger partial charge is 0.323 e. The van der Waals surface area contributed by atoms with Gasteiger partial charge in [-0.25, -0.2) is 22.9 Å². The average molecular weight is 431 g/mol. The van der Waals surface area contributed by atoms with E-state index in [-0.39, 0.29) is 12.1 Å². The Hall–Kier alpha value is -2.49. The van der Waals surface area contributed by atoms with Gasteiger partial charge in [-0.3, -0.25) is 0 Å². The number of nitrogens with one attached hydrogen (secondary N) is 2. The van der Waals surface area contributed by atoms with E-state index in [1.54, 1.807) is 16.2 Å². The molecule has 1 aromatic heterocycles. The van der Waals surface area contributed by atoms with Crippen LogP contribution in [0.5, 0.6) is 0 Å². The molecule has 2 amide bonds. The highest BCUT2D eigenvalue weighted by molar-refractivity contribution is 7.88. The number of urea groups is 1. The molecule has 152 valence electrons. The number of carbonyl (C=O) groups excluding carboxylic acids is 1. The second-order valence-electron chi connectivity index (χ2n) is 7.14. The number of hydrogen-bond acceptors (Lipinski definition) is 5. The highest BCUT2D eigenvalue weighted by Gasteiger charge is 2.26. The Morgan fingerprint density at radius 3 is 2.72 bits per heavy atom. The van der Waals surface area contributed by atoms with Crippen molar-refractivity contribution >= 4 is 43.3 Å². The van der Waals surface area contributed by atoms with Crippen LogP contribution in [-0.4, -0.2) is 49.7 Å². The molecule has 1 fully saturated rings. The minimum Gasteiger partial charge on any atom is -0.323 e. The van der Waals surface area contributed by atoms with Crippen LogP contribution < -0.4 is 10.0 Å². The number of carbonyl (C=O) groups is 1. The molecular weight excluding hydrogens is 408 g/mol. The average Bonchev–Trinajstić information content (AvgIpc) is 3.11. The van der Waals surface area contributed by atoms with Crippen molar-refractivity contribution in [2.45, 2.75) is 18.9 Å². The Labute approximate surface area is 173 Å². The predicted molar refractivity (Wildman–Crippen MR) is 117 cm³/mol.